The van der Waals surface area contributed by atoms with Crippen molar-refractivity contribution in [2.45, 2.75) is 12.8 Å². The van der Waals surface area contributed by atoms with Crippen LogP contribution in [0.25, 0.3) is 11.2 Å². The van der Waals surface area contributed by atoms with Crippen molar-refractivity contribution in [3.63, 3.8) is 0 Å². The van der Waals surface area contributed by atoms with E-state index in [1.54, 1.807) is 13.3 Å². The molecule has 2 heterocycles. The number of H-pyrrole nitrogens is 1. The zero-order valence-electron chi connectivity index (χ0n) is 10.6. The van der Waals surface area contributed by atoms with E-state index < -0.39 is 0 Å². The predicted octanol–water partition coefficient (Wildman–Crippen LogP) is 1.42. The minimum absolute atomic E-state index is 0.00774. The summed E-state index contributed by atoms with van der Waals surface area (Å²) in [7, 11) is 1.60. The first-order valence-electron chi connectivity index (χ1n) is 5.95. The molecule has 0 radical (unpaired) electrons. The minimum Gasteiger partial charge on any atom is -0.383 e. The molecule has 6 nitrogen and oxygen atoms in total. The van der Waals surface area contributed by atoms with Crippen molar-refractivity contribution in [1.29, 1.82) is 0 Å². The molecule has 0 aliphatic carbocycles. The first kappa shape index (κ1) is 14.0. The number of methoxy groups -OCH3 is 1. The van der Waals surface area contributed by atoms with Gasteiger partial charge in [0, 0.05) is 37.2 Å². The van der Waals surface area contributed by atoms with Crippen LogP contribution in [0.1, 0.15) is 12.2 Å². The maximum Gasteiger partial charge on any atom is 0.220 e. The van der Waals surface area contributed by atoms with Crippen LogP contribution in [0.2, 0.25) is 0 Å². The summed E-state index contributed by atoms with van der Waals surface area (Å²) in [6.07, 6.45) is 2.65. The lowest BCUT2D eigenvalue weighted by Gasteiger charge is -2.02. The van der Waals surface area contributed by atoms with Gasteiger partial charge in [-0.1, -0.05) is 0 Å². The molecule has 0 aliphatic rings. The molecule has 0 unspecified atom stereocenters. The highest BCUT2D eigenvalue weighted by molar-refractivity contribution is 9.10. The zero-order valence-corrected chi connectivity index (χ0v) is 12.2. The molecule has 2 N–H and O–H groups in total. The third-order valence-corrected chi connectivity index (χ3v) is 3.00. The number of hydrogen-bond acceptors (Lipinski definition) is 4. The number of ether oxygens (including phenoxy) is 1. The molecule has 0 atom stereocenters. The van der Waals surface area contributed by atoms with Crippen molar-refractivity contribution in [2.75, 3.05) is 20.3 Å². The number of rotatable bonds is 6. The lowest BCUT2D eigenvalue weighted by Crippen LogP contribution is -2.27. The van der Waals surface area contributed by atoms with E-state index in [2.05, 4.69) is 36.2 Å². The summed E-state index contributed by atoms with van der Waals surface area (Å²) in [5.41, 5.74) is 1.53. The van der Waals surface area contributed by atoms with E-state index in [0.717, 1.165) is 15.8 Å². The van der Waals surface area contributed by atoms with Gasteiger partial charge < -0.3 is 15.0 Å². The maximum atomic E-state index is 11.5. The second-order valence-corrected chi connectivity index (χ2v) is 4.97. The molecule has 0 spiro atoms. The molecule has 2 aromatic rings. The number of carbonyl (C=O) groups is 1. The summed E-state index contributed by atoms with van der Waals surface area (Å²) < 4.78 is 5.76. The van der Waals surface area contributed by atoms with Crippen LogP contribution in [0.4, 0.5) is 0 Å². The lowest BCUT2D eigenvalue weighted by molar-refractivity contribution is -0.121. The van der Waals surface area contributed by atoms with E-state index in [1.807, 2.05) is 6.07 Å². The Labute approximate surface area is 119 Å². The first-order chi connectivity index (χ1) is 9.19. The molecular formula is C12H15BrN4O2. The van der Waals surface area contributed by atoms with Crippen LogP contribution >= 0.6 is 15.9 Å². The number of pyridine rings is 1. The van der Waals surface area contributed by atoms with E-state index in [-0.39, 0.29) is 5.91 Å². The van der Waals surface area contributed by atoms with Crippen LogP contribution in [-0.2, 0) is 16.0 Å². The van der Waals surface area contributed by atoms with Crippen molar-refractivity contribution in [3.05, 3.63) is 22.6 Å². The number of fused-ring (bicyclic) bond motifs is 1. The van der Waals surface area contributed by atoms with Gasteiger partial charge in [0.05, 0.1) is 12.1 Å². The van der Waals surface area contributed by atoms with Gasteiger partial charge in [-0.25, -0.2) is 9.97 Å². The Morgan fingerprint density at radius 2 is 2.42 bits per heavy atom. The fourth-order valence-corrected chi connectivity index (χ4v) is 1.99. The molecule has 2 aromatic heterocycles. The molecule has 0 aromatic carbocycles. The van der Waals surface area contributed by atoms with Gasteiger partial charge in [-0.15, -0.1) is 0 Å². The number of imidazole rings is 1. The Morgan fingerprint density at radius 3 is 3.21 bits per heavy atom. The van der Waals surface area contributed by atoms with Crippen molar-refractivity contribution in [3.8, 4) is 0 Å². The van der Waals surface area contributed by atoms with Gasteiger partial charge in [-0.2, -0.15) is 0 Å². The summed E-state index contributed by atoms with van der Waals surface area (Å²) in [6.45, 7) is 1.05. The van der Waals surface area contributed by atoms with Gasteiger partial charge in [0.1, 0.15) is 5.82 Å². The fourth-order valence-electron chi connectivity index (χ4n) is 1.66. The number of aromatic nitrogens is 3. The molecule has 2 rings (SSSR count). The van der Waals surface area contributed by atoms with E-state index in [1.165, 1.54) is 0 Å². The number of halogens is 1. The van der Waals surface area contributed by atoms with Gasteiger partial charge in [0.15, 0.2) is 5.65 Å². The SMILES string of the molecule is COCCNC(=O)CCc1nc2ncc(Br)cc2[nH]1. The van der Waals surface area contributed by atoms with Crippen LogP contribution in [0, 0.1) is 0 Å². The van der Waals surface area contributed by atoms with Crippen LogP contribution in [-0.4, -0.2) is 41.1 Å². The number of aromatic amines is 1. The average Bonchev–Trinajstić information content (AvgIpc) is 2.78. The number of carbonyl (C=O) groups excluding carboxylic acids is 1. The first-order valence-corrected chi connectivity index (χ1v) is 6.74. The standard InChI is InChI=1S/C12H15BrN4O2/c1-19-5-4-14-11(18)3-2-10-16-9-6-8(13)7-15-12(9)17-10/h6-7H,2-5H2,1H3,(H,14,18)(H,15,16,17). The van der Waals surface area contributed by atoms with Crippen LogP contribution in [0.3, 0.4) is 0 Å². The van der Waals surface area contributed by atoms with Gasteiger partial charge in [-0.3, -0.25) is 4.79 Å². The maximum absolute atomic E-state index is 11.5. The largest absolute Gasteiger partial charge is 0.383 e. The molecule has 7 heteroatoms. The minimum atomic E-state index is -0.00774. The fraction of sp³-hybridized carbons (Fsp3) is 0.417. The monoisotopic (exact) mass is 326 g/mol. The summed E-state index contributed by atoms with van der Waals surface area (Å²) in [6, 6.07) is 1.91. The van der Waals surface area contributed by atoms with Gasteiger partial charge >= 0.3 is 0 Å². The van der Waals surface area contributed by atoms with E-state index in [4.69, 9.17) is 4.74 Å². The molecule has 0 saturated carbocycles. The van der Waals surface area contributed by atoms with Crippen molar-refractivity contribution >= 4 is 33.0 Å². The molecule has 1 amide bonds. The smallest absolute Gasteiger partial charge is 0.220 e. The van der Waals surface area contributed by atoms with Crippen LogP contribution in [0.15, 0.2) is 16.7 Å². The summed E-state index contributed by atoms with van der Waals surface area (Å²) in [5, 5.41) is 2.77. The molecular weight excluding hydrogens is 312 g/mol. The highest BCUT2D eigenvalue weighted by Crippen LogP contribution is 2.15. The Hall–Kier alpha value is -1.47. The second kappa shape index (κ2) is 6.63. The summed E-state index contributed by atoms with van der Waals surface area (Å²) in [4.78, 5) is 23.2. The topological polar surface area (TPSA) is 79.9 Å². The molecule has 0 bridgehead atoms. The van der Waals surface area contributed by atoms with Gasteiger partial charge in [0.25, 0.3) is 0 Å². The molecule has 0 fully saturated rings. The molecule has 0 saturated heterocycles. The number of amides is 1. The number of nitrogens with one attached hydrogen (secondary N) is 2. The number of nitrogens with zero attached hydrogens (tertiary/aromatic N) is 2. The normalized spacial score (nSPS) is 10.8. The Kier molecular flexibility index (Phi) is 4.86. The highest BCUT2D eigenvalue weighted by Gasteiger charge is 2.07. The third-order valence-electron chi connectivity index (χ3n) is 2.57. The molecule has 102 valence electrons. The summed E-state index contributed by atoms with van der Waals surface area (Å²) in [5.74, 6) is 0.758. The highest BCUT2D eigenvalue weighted by atomic mass is 79.9. The Morgan fingerprint density at radius 1 is 1.58 bits per heavy atom. The quantitative estimate of drug-likeness (QED) is 0.787. The molecule has 19 heavy (non-hydrogen) atoms. The van der Waals surface area contributed by atoms with Crippen LogP contribution < -0.4 is 5.32 Å². The Balaban J connectivity index is 1.89. The lowest BCUT2D eigenvalue weighted by atomic mass is 10.3. The Bertz CT molecular complexity index is 570. The average molecular weight is 327 g/mol. The van der Waals surface area contributed by atoms with E-state index >= 15 is 0 Å². The van der Waals surface area contributed by atoms with Crippen molar-refractivity contribution in [1.82, 2.24) is 20.3 Å². The van der Waals surface area contributed by atoms with Crippen molar-refractivity contribution in [2.24, 2.45) is 0 Å². The second-order valence-electron chi connectivity index (χ2n) is 4.05. The number of hydrogen-bond donors (Lipinski definition) is 2. The summed E-state index contributed by atoms with van der Waals surface area (Å²) >= 11 is 3.35. The predicted molar refractivity (Wildman–Crippen MR) is 74.8 cm³/mol. The number of aryl methyl sites for hydroxylation is 1. The van der Waals surface area contributed by atoms with E-state index in [0.29, 0.717) is 31.6 Å². The van der Waals surface area contributed by atoms with Crippen LogP contribution in [0.5, 0.6) is 0 Å². The van der Waals surface area contributed by atoms with Gasteiger partial charge in [-0.05, 0) is 22.0 Å². The zero-order chi connectivity index (χ0) is 13.7. The van der Waals surface area contributed by atoms with E-state index in [9.17, 15) is 4.79 Å². The van der Waals surface area contributed by atoms with Gasteiger partial charge in [0.2, 0.25) is 5.91 Å². The third kappa shape index (κ3) is 4.00. The van der Waals surface area contributed by atoms with Crippen molar-refractivity contribution < 1.29 is 9.53 Å². The molecule has 0 aliphatic heterocycles.